The van der Waals surface area contributed by atoms with Crippen molar-refractivity contribution >= 4 is 5.97 Å². The summed E-state index contributed by atoms with van der Waals surface area (Å²) in [7, 11) is 5.47. The fraction of sp³-hybridized carbons (Fsp3) is 0.167. The normalized spacial score (nSPS) is 10.3. The number of rotatable bonds is 4. The summed E-state index contributed by atoms with van der Waals surface area (Å²) in [4.78, 5) is 18.2. The number of ether oxygens (including phenoxy) is 1. The molecule has 0 unspecified atom stereocenters. The second-order valence-corrected chi connectivity index (χ2v) is 6.69. The van der Waals surface area contributed by atoms with Crippen LogP contribution in [-0.4, -0.2) is 37.1 Å². The van der Waals surface area contributed by atoms with Crippen LogP contribution in [0.25, 0.3) is 11.3 Å². The zero-order chi connectivity index (χ0) is 19.9. The zero-order valence-electron chi connectivity index (χ0n) is 16.3. The second kappa shape index (κ2) is 8.98. The van der Waals surface area contributed by atoms with Crippen molar-refractivity contribution in [3.8, 4) is 23.1 Å². The van der Waals surface area contributed by atoms with E-state index in [4.69, 9.17) is 4.74 Å². The average Bonchev–Trinajstić information content (AvgIpc) is 2.72. The summed E-state index contributed by atoms with van der Waals surface area (Å²) in [5.41, 5.74) is 5.28. The number of pyridine rings is 1. The highest BCUT2D eigenvalue weighted by atomic mass is 16.5. The van der Waals surface area contributed by atoms with Gasteiger partial charge in [-0.05, 0) is 56.1 Å². The lowest BCUT2D eigenvalue weighted by Gasteiger charge is -2.09. The highest BCUT2D eigenvalue weighted by Crippen LogP contribution is 2.19. The zero-order valence-corrected chi connectivity index (χ0v) is 16.3. The molecule has 0 aliphatic carbocycles. The SMILES string of the molecule is COC(=O)c1ccnc(-c2ccc(C#Cc3cccc(CN(C)C)c3)cc2)c1. The minimum absolute atomic E-state index is 0.373. The van der Waals surface area contributed by atoms with Crippen LogP contribution in [0.4, 0.5) is 0 Å². The van der Waals surface area contributed by atoms with Gasteiger partial charge in [0.05, 0.1) is 18.4 Å². The van der Waals surface area contributed by atoms with Gasteiger partial charge >= 0.3 is 5.97 Å². The Morgan fingerprint density at radius 3 is 2.46 bits per heavy atom. The number of hydrogen-bond acceptors (Lipinski definition) is 4. The summed E-state index contributed by atoms with van der Waals surface area (Å²) >= 11 is 0. The van der Waals surface area contributed by atoms with E-state index >= 15 is 0 Å². The Labute approximate surface area is 165 Å². The lowest BCUT2D eigenvalue weighted by molar-refractivity contribution is 0.0600. The molecule has 28 heavy (non-hydrogen) atoms. The summed E-state index contributed by atoms with van der Waals surface area (Å²) in [6.07, 6.45) is 1.61. The Bertz CT molecular complexity index is 1030. The molecule has 140 valence electrons. The first-order valence-electron chi connectivity index (χ1n) is 8.95. The van der Waals surface area contributed by atoms with E-state index in [1.165, 1.54) is 12.7 Å². The third kappa shape index (κ3) is 5.06. The lowest BCUT2D eigenvalue weighted by atomic mass is 10.1. The quantitative estimate of drug-likeness (QED) is 0.514. The van der Waals surface area contributed by atoms with Gasteiger partial charge in [0.1, 0.15) is 0 Å². The Morgan fingerprint density at radius 1 is 1.00 bits per heavy atom. The molecule has 0 amide bonds. The van der Waals surface area contributed by atoms with E-state index in [2.05, 4.69) is 48.0 Å². The number of methoxy groups -OCH3 is 1. The van der Waals surface area contributed by atoms with Gasteiger partial charge in [0.25, 0.3) is 0 Å². The van der Waals surface area contributed by atoms with Crippen LogP contribution >= 0.6 is 0 Å². The topological polar surface area (TPSA) is 42.4 Å². The molecule has 0 bridgehead atoms. The van der Waals surface area contributed by atoms with Gasteiger partial charge in [-0.25, -0.2) is 4.79 Å². The molecular weight excluding hydrogens is 348 g/mol. The Balaban J connectivity index is 1.78. The van der Waals surface area contributed by atoms with Gasteiger partial charge in [0.15, 0.2) is 0 Å². The molecule has 0 aliphatic heterocycles. The van der Waals surface area contributed by atoms with E-state index in [1.54, 1.807) is 18.3 Å². The van der Waals surface area contributed by atoms with E-state index in [0.717, 1.165) is 28.9 Å². The van der Waals surface area contributed by atoms with Gasteiger partial charge < -0.3 is 9.64 Å². The van der Waals surface area contributed by atoms with Crippen LogP contribution in [0.2, 0.25) is 0 Å². The van der Waals surface area contributed by atoms with Crippen molar-refractivity contribution in [2.45, 2.75) is 6.54 Å². The molecule has 0 fully saturated rings. The summed E-state index contributed by atoms with van der Waals surface area (Å²) in [5, 5.41) is 0. The monoisotopic (exact) mass is 370 g/mol. The number of benzene rings is 2. The molecule has 0 aliphatic rings. The maximum absolute atomic E-state index is 11.7. The molecule has 0 saturated heterocycles. The van der Waals surface area contributed by atoms with Gasteiger partial charge in [-0.15, -0.1) is 0 Å². The van der Waals surface area contributed by atoms with E-state index in [1.807, 2.05) is 36.4 Å². The first kappa shape index (κ1) is 19.3. The van der Waals surface area contributed by atoms with Crippen molar-refractivity contribution in [2.24, 2.45) is 0 Å². The van der Waals surface area contributed by atoms with Crippen molar-refractivity contribution < 1.29 is 9.53 Å². The Hall–Kier alpha value is -3.42. The molecule has 4 heteroatoms. The Morgan fingerprint density at radius 2 is 1.75 bits per heavy atom. The average molecular weight is 370 g/mol. The third-order valence-electron chi connectivity index (χ3n) is 4.14. The number of carbonyl (C=O) groups is 1. The maximum atomic E-state index is 11.7. The van der Waals surface area contributed by atoms with Crippen LogP contribution in [0.3, 0.4) is 0 Å². The summed E-state index contributed by atoms with van der Waals surface area (Å²) in [6, 6.07) is 19.5. The van der Waals surface area contributed by atoms with Crippen molar-refractivity contribution in [1.82, 2.24) is 9.88 Å². The number of esters is 1. The van der Waals surface area contributed by atoms with E-state index < -0.39 is 0 Å². The van der Waals surface area contributed by atoms with Crippen molar-refractivity contribution in [1.29, 1.82) is 0 Å². The van der Waals surface area contributed by atoms with Crippen LogP contribution in [0.1, 0.15) is 27.0 Å². The van der Waals surface area contributed by atoms with Gasteiger partial charge in [0, 0.05) is 29.4 Å². The second-order valence-electron chi connectivity index (χ2n) is 6.69. The molecular formula is C24H22N2O2. The number of carbonyl (C=O) groups excluding carboxylic acids is 1. The fourth-order valence-corrected chi connectivity index (χ4v) is 2.81. The highest BCUT2D eigenvalue weighted by molar-refractivity contribution is 5.90. The fourth-order valence-electron chi connectivity index (χ4n) is 2.81. The van der Waals surface area contributed by atoms with Gasteiger partial charge in [0.2, 0.25) is 0 Å². The number of hydrogen-bond donors (Lipinski definition) is 0. The molecule has 0 spiro atoms. The van der Waals surface area contributed by atoms with Crippen molar-refractivity contribution in [3.05, 3.63) is 89.1 Å². The van der Waals surface area contributed by atoms with Gasteiger partial charge in [-0.2, -0.15) is 0 Å². The smallest absolute Gasteiger partial charge is 0.337 e. The highest BCUT2D eigenvalue weighted by Gasteiger charge is 2.07. The third-order valence-corrected chi connectivity index (χ3v) is 4.14. The molecule has 0 atom stereocenters. The molecule has 3 rings (SSSR count). The molecule has 0 N–H and O–H groups in total. The molecule has 0 radical (unpaired) electrons. The van der Waals surface area contributed by atoms with E-state index in [-0.39, 0.29) is 5.97 Å². The number of nitrogens with zero attached hydrogens (tertiary/aromatic N) is 2. The molecule has 1 aromatic heterocycles. The first-order chi connectivity index (χ1) is 13.5. The minimum Gasteiger partial charge on any atom is -0.465 e. The molecule has 1 heterocycles. The van der Waals surface area contributed by atoms with Crippen molar-refractivity contribution in [2.75, 3.05) is 21.2 Å². The molecule has 4 nitrogen and oxygen atoms in total. The predicted molar refractivity (Wildman–Crippen MR) is 111 cm³/mol. The van der Waals surface area contributed by atoms with Crippen molar-refractivity contribution in [3.63, 3.8) is 0 Å². The van der Waals surface area contributed by atoms with Crippen LogP contribution in [0.5, 0.6) is 0 Å². The van der Waals surface area contributed by atoms with Gasteiger partial charge in [-0.1, -0.05) is 36.1 Å². The first-order valence-corrected chi connectivity index (χ1v) is 8.95. The summed E-state index contributed by atoms with van der Waals surface area (Å²) in [5.74, 6) is 6.05. The molecule has 2 aromatic carbocycles. The van der Waals surface area contributed by atoms with Crippen LogP contribution in [0.15, 0.2) is 66.9 Å². The number of aromatic nitrogens is 1. The minimum atomic E-state index is -0.373. The Kier molecular flexibility index (Phi) is 6.21. The largest absolute Gasteiger partial charge is 0.465 e. The van der Waals surface area contributed by atoms with Crippen LogP contribution in [0, 0.1) is 11.8 Å². The molecule has 3 aromatic rings. The summed E-state index contributed by atoms with van der Waals surface area (Å²) < 4.78 is 4.76. The van der Waals surface area contributed by atoms with Gasteiger partial charge in [-0.3, -0.25) is 4.98 Å². The standard InChI is InChI=1S/C24H22N2O2/c1-26(2)17-20-6-4-5-19(15-20)8-7-18-9-11-21(12-10-18)23-16-22(13-14-25-23)24(27)28-3/h4-6,9-16H,17H2,1-3H3. The summed E-state index contributed by atoms with van der Waals surface area (Å²) in [6.45, 7) is 0.891. The van der Waals surface area contributed by atoms with Crippen LogP contribution < -0.4 is 0 Å². The van der Waals surface area contributed by atoms with E-state index in [0.29, 0.717) is 5.56 Å². The van der Waals surface area contributed by atoms with Crippen LogP contribution in [-0.2, 0) is 11.3 Å². The maximum Gasteiger partial charge on any atom is 0.337 e. The predicted octanol–water partition coefficient (Wildman–Crippen LogP) is 4.00. The molecule has 0 saturated carbocycles. The lowest BCUT2D eigenvalue weighted by Crippen LogP contribution is -2.10. The van der Waals surface area contributed by atoms with E-state index in [9.17, 15) is 4.79 Å².